The molecular formula is C3H2N4O. The lowest BCUT2D eigenvalue weighted by Gasteiger charge is -1.66. The first-order valence-corrected chi connectivity index (χ1v) is 2.08. The van der Waals surface area contributed by atoms with Gasteiger partial charge >= 0.3 is 0 Å². The van der Waals surface area contributed by atoms with Crippen molar-refractivity contribution in [2.45, 2.75) is 0 Å². The van der Waals surface area contributed by atoms with Gasteiger partial charge in [0.05, 0.1) is 6.20 Å². The van der Waals surface area contributed by atoms with Crippen molar-refractivity contribution in [2.75, 3.05) is 0 Å². The summed E-state index contributed by atoms with van der Waals surface area (Å²) in [7, 11) is 0. The first-order chi connectivity index (χ1) is 3.97. The van der Waals surface area contributed by atoms with Gasteiger partial charge in [0.15, 0.2) is 5.69 Å². The Hall–Kier alpha value is -1.39. The molecule has 2 heterocycles. The van der Waals surface area contributed by atoms with Gasteiger partial charge in [-0.15, -0.1) is 5.10 Å². The Morgan fingerprint density at radius 3 is 3.38 bits per heavy atom. The van der Waals surface area contributed by atoms with E-state index >= 15 is 0 Å². The van der Waals surface area contributed by atoms with Crippen LogP contribution >= 0.6 is 0 Å². The van der Waals surface area contributed by atoms with E-state index in [9.17, 15) is 0 Å². The summed E-state index contributed by atoms with van der Waals surface area (Å²) in [6.07, 6.45) is 1.59. The molecule has 0 saturated carbocycles. The van der Waals surface area contributed by atoms with E-state index in [1.165, 1.54) is 0 Å². The van der Waals surface area contributed by atoms with Crippen molar-refractivity contribution >= 4 is 0 Å². The molecule has 0 unspecified atom stereocenters. The maximum absolute atomic E-state index is 4.70. The fourth-order valence-electron chi connectivity index (χ4n) is 0.510. The van der Waals surface area contributed by atoms with E-state index in [0.717, 1.165) is 0 Å². The molecule has 0 radical (unpaired) electrons. The van der Waals surface area contributed by atoms with Crippen molar-refractivity contribution in [1.82, 2.24) is 20.6 Å². The van der Waals surface area contributed by atoms with Gasteiger partial charge in [-0.05, 0) is 5.21 Å². The third-order valence-electron chi connectivity index (χ3n) is 0.858. The van der Waals surface area contributed by atoms with E-state index in [1.807, 2.05) is 0 Å². The van der Waals surface area contributed by atoms with Gasteiger partial charge in [0.1, 0.15) is 0 Å². The second-order valence-electron chi connectivity index (χ2n) is 1.34. The quantitative estimate of drug-likeness (QED) is 0.514. The first kappa shape index (κ1) is 3.59. The molecule has 8 heavy (non-hydrogen) atoms. The Morgan fingerprint density at radius 2 is 2.50 bits per heavy atom. The van der Waals surface area contributed by atoms with Gasteiger partial charge in [-0.1, -0.05) is 5.10 Å². The van der Waals surface area contributed by atoms with Crippen molar-refractivity contribution in [2.24, 2.45) is 0 Å². The van der Waals surface area contributed by atoms with Crippen molar-refractivity contribution in [3.8, 4) is 11.6 Å². The monoisotopic (exact) mass is 110 g/mol. The topological polar surface area (TPSA) is 67.6 Å². The Bertz CT molecular complexity index is 203. The molecular weight excluding hydrogens is 108 g/mol. The van der Waals surface area contributed by atoms with Crippen LogP contribution in [-0.2, 0) is 0 Å². The summed E-state index contributed by atoms with van der Waals surface area (Å²) < 4.78 is 4.70. The zero-order valence-corrected chi connectivity index (χ0v) is 3.83. The average Bonchev–Trinajstić information content (AvgIpc) is 2.15. The molecule has 1 N–H and O–H groups in total. The standard InChI is InChI=1S/C3H2N4O/c1-2-3(8-4-1)6-7-5-2/h1,4H. The number of nitrogens with one attached hydrogen (secondary N) is 1. The molecule has 0 aromatic carbocycles. The van der Waals surface area contributed by atoms with Crippen LogP contribution in [0.5, 0.6) is 0 Å². The first-order valence-electron chi connectivity index (χ1n) is 2.08. The largest absolute Gasteiger partial charge is 0.358 e. The molecule has 2 aliphatic rings. The summed E-state index contributed by atoms with van der Waals surface area (Å²) >= 11 is 0. The van der Waals surface area contributed by atoms with Crippen LogP contribution < -0.4 is 0 Å². The molecule has 0 bridgehead atoms. The van der Waals surface area contributed by atoms with Crippen LogP contribution in [0.4, 0.5) is 0 Å². The van der Waals surface area contributed by atoms with E-state index in [0.29, 0.717) is 11.6 Å². The van der Waals surface area contributed by atoms with Crippen LogP contribution in [0.25, 0.3) is 11.6 Å². The van der Waals surface area contributed by atoms with Gasteiger partial charge in [-0.3, -0.25) is 0 Å². The number of hydrogen-bond acceptors (Lipinski definition) is 4. The van der Waals surface area contributed by atoms with Crippen LogP contribution in [0.1, 0.15) is 0 Å². The molecule has 0 fully saturated rings. The van der Waals surface area contributed by atoms with Gasteiger partial charge in [0, 0.05) is 0 Å². The fourth-order valence-corrected chi connectivity index (χ4v) is 0.510. The highest BCUT2D eigenvalue weighted by molar-refractivity contribution is 5.43. The van der Waals surface area contributed by atoms with E-state index in [4.69, 9.17) is 4.52 Å². The summed E-state index contributed by atoms with van der Waals surface area (Å²) in [4.78, 5) is 0. The van der Waals surface area contributed by atoms with Gasteiger partial charge in [-0.2, -0.15) is 0 Å². The lowest BCUT2D eigenvalue weighted by Crippen LogP contribution is -1.65. The van der Waals surface area contributed by atoms with Crippen LogP contribution in [-0.4, -0.2) is 20.6 Å². The third kappa shape index (κ3) is 0.281. The summed E-state index contributed by atoms with van der Waals surface area (Å²) in [6, 6.07) is 0. The van der Waals surface area contributed by atoms with Gasteiger partial charge in [0.25, 0.3) is 5.89 Å². The zero-order chi connectivity index (χ0) is 5.40. The Labute approximate surface area is 44.0 Å². The molecule has 0 spiro atoms. The van der Waals surface area contributed by atoms with Crippen molar-refractivity contribution in [3.05, 3.63) is 6.20 Å². The predicted molar refractivity (Wildman–Crippen MR) is 23.1 cm³/mol. The van der Waals surface area contributed by atoms with E-state index in [-0.39, 0.29) is 0 Å². The predicted octanol–water partition coefficient (Wildman–Crippen LogP) is -0.103. The number of nitrogens with zero attached hydrogens (tertiary/aromatic N) is 3. The molecule has 0 atom stereocenters. The minimum absolute atomic E-state index is 0.449. The highest BCUT2D eigenvalue weighted by Crippen LogP contribution is 2.11. The molecule has 0 aliphatic carbocycles. The Morgan fingerprint density at radius 1 is 1.50 bits per heavy atom. The van der Waals surface area contributed by atoms with Crippen molar-refractivity contribution < 1.29 is 4.52 Å². The van der Waals surface area contributed by atoms with Crippen molar-refractivity contribution in [1.29, 1.82) is 0 Å². The lowest BCUT2D eigenvalue weighted by atomic mass is 10.5. The molecule has 0 aromatic heterocycles. The summed E-state index contributed by atoms with van der Waals surface area (Å²) in [5, 5.41) is 12.9. The summed E-state index contributed by atoms with van der Waals surface area (Å²) in [5.74, 6) is 0.449. The molecule has 5 nitrogen and oxygen atoms in total. The highest BCUT2D eigenvalue weighted by Gasteiger charge is 2.08. The van der Waals surface area contributed by atoms with Crippen LogP contribution in [0.15, 0.2) is 10.7 Å². The third-order valence-corrected chi connectivity index (χ3v) is 0.858. The molecule has 2 rings (SSSR count). The van der Waals surface area contributed by atoms with Gasteiger partial charge in [-0.25, -0.2) is 5.16 Å². The lowest BCUT2D eigenvalue weighted by molar-refractivity contribution is 0.421. The number of hydrogen-bond donors (Lipinski definition) is 1. The molecule has 5 heteroatoms. The van der Waals surface area contributed by atoms with E-state index in [2.05, 4.69) is 20.6 Å². The number of aromatic nitrogens is 4. The highest BCUT2D eigenvalue weighted by atomic mass is 16.5. The number of aromatic amines is 1. The molecule has 0 saturated heterocycles. The maximum Gasteiger partial charge on any atom is 0.295 e. The zero-order valence-electron chi connectivity index (χ0n) is 3.83. The number of H-pyrrole nitrogens is 1. The maximum atomic E-state index is 4.70. The SMILES string of the molecule is c1[nH]oc2nnnc1-2. The molecule has 0 aromatic rings. The summed E-state index contributed by atoms with van der Waals surface area (Å²) in [6.45, 7) is 0. The van der Waals surface area contributed by atoms with Crippen molar-refractivity contribution in [3.63, 3.8) is 0 Å². The minimum atomic E-state index is 0.449. The Balaban J connectivity index is 2.84. The van der Waals surface area contributed by atoms with Gasteiger partial charge < -0.3 is 4.52 Å². The number of rotatable bonds is 0. The fraction of sp³-hybridized carbons (Fsp3) is 0. The molecule has 2 aliphatic heterocycles. The normalized spacial score (nSPS) is 10.5. The van der Waals surface area contributed by atoms with Gasteiger partial charge in [0.2, 0.25) is 0 Å². The molecule has 40 valence electrons. The van der Waals surface area contributed by atoms with Crippen LogP contribution in [0, 0.1) is 0 Å². The second-order valence-corrected chi connectivity index (χ2v) is 1.34. The summed E-state index contributed by atoms with van der Waals surface area (Å²) in [5.41, 5.74) is 0.657. The molecule has 0 amide bonds. The van der Waals surface area contributed by atoms with Crippen LogP contribution in [0.2, 0.25) is 0 Å². The average molecular weight is 110 g/mol. The van der Waals surface area contributed by atoms with Crippen LogP contribution in [0.3, 0.4) is 0 Å². The van der Waals surface area contributed by atoms with E-state index in [1.54, 1.807) is 6.20 Å². The Kier molecular flexibility index (Phi) is 0.476. The smallest absolute Gasteiger partial charge is 0.295 e. The minimum Gasteiger partial charge on any atom is -0.358 e. The second kappa shape index (κ2) is 1.06. The number of fused-ring (bicyclic) bond motifs is 1. The van der Waals surface area contributed by atoms with E-state index < -0.39 is 0 Å².